The molecule has 0 radical (unpaired) electrons. The SMILES string of the molecule is CC(C)N(C(=O)C(=O)c1ccc(C(=O)N[C@H](CO)Cc2ccccc2)cc1)C(C)C. The van der Waals surface area contributed by atoms with Crippen LogP contribution >= 0.6 is 0 Å². The summed E-state index contributed by atoms with van der Waals surface area (Å²) < 4.78 is 0. The van der Waals surface area contributed by atoms with Gasteiger partial charge >= 0.3 is 0 Å². The van der Waals surface area contributed by atoms with E-state index in [0.29, 0.717) is 12.0 Å². The van der Waals surface area contributed by atoms with E-state index >= 15 is 0 Å². The monoisotopic (exact) mass is 410 g/mol. The standard InChI is InChI=1S/C24H30N2O4/c1-16(2)26(17(3)4)24(30)22(28)19-10-12-20(13-11-19)23(29)25-21(15-27)14-18-8-6-5-7-9-18/h5-13,16-17,21,27H,14-15H2,1-4H3,(H,25,29)/t21-/m0/s1. The molecule has 0 saturated carbocycles. The minimum absolute atomic E-state index is 0.0912. The zero-order valence-corrected chi connectivity index (χ0v) is 18.0. The van der Waals surface area contributed by atoms with Crippen LogP contribution in [-0.4, -0.2) is 52.3 Å². The van der Waals surface area contributed by atoms with Gasteiger partial charge in [-0.1, -0.05) is 42.5 Å². The molecule has 0 unspecified atom stereocenters. The molecule has 0 saturated heterocycles. The van der Waals surface area contributed by atoms with E-state index in [0.717, 1.165) is 5.56 Å². The van der Waals surface area contributed by atoms with Crippen LogP contribution in [0.1, 0.15) is 54.0 Å². The summed E-state index contributed by atoms with van der Waals surface area (Å²) >= 11 is 0. The second-order valence-corrected chi connectivity index (χ2v) is 7.85. The lowest BCUT2D eigenvalue weighted by Gasteiger charge is -2.30. The van der Waals surface area contributed by atoms with Crippen LogP contribution in [-0.2, 0) is 11.2 Å². The Morgan fingerprint density at radius 2 is 1.40 bits per heavy atom. The van der Waals surface area contributed by atoms with Crippen LogP contribution < -0.4 is 5.32 Å². The van der Waals surface area contributed by atoms with Crippen LogP contribution in [0, 0.1) is 0 Å². The summed E-state index contributed by atoms with van der Waals surface area (Å²) in [7, 11) is 0. The van der Waals surface area contributed by atoms with E-state index in [-0.39, 0.29) is 30.2 Å². The van der Waals surface area contributed by atoms with Gasteiger partial charge in [0.05, 0.1) is 12.6 Å². The van der Waals surface area contributed by atoms with Crippen molar-refractivity contribution in [1.29, 1.82) is 0 Å². The Labute approximate surface area is 177 Å². The van der Waals surface area contributed by atoms with Gasteiger partial charge in [0.25, 0.3) is 11.8 Å². The zero-order valence-electron chi connectivity index (χ0n) is 18.0. The number of aliphatic hydroxyl groups excluding tert-OH is 1. The molecular weight excluding hydrogens is 380 g/mol. The Kier molecular flexibility index (Phi) is 8.30. The fourth-order valence-electron chi connectivity index (χ4n) is 3.41. The number of ketones is 1. The number of carbonyl (C=O) groups is 3. The van der Waals surface area contributed by atoms with Crippen molar-refractivity contribution in [2.75, 3.05) is 6.61 Å². The fraction of sp³-hybridized carbons (Fsp3) is 0.375. The highest BCUT2D eigenvalue weighted by Crippen LogP contribution is 2.12. The third kappa shape index (κ3) is 6.00. The maximum absolute atomic E-state index is 12.6. The summed E-state index contributed by atoms with van der Waals surface area (Å²) in [5, 5.41) is 12.4. The molecule has 2 N–H and O–H groups in total. The Morgan fingerprint density at radius 3 is 1.90 bits per heavy atom. The Bertz CT molecular complexity index is 853. The van der Waals surface area contributed by atoms with Gasteiger partial charge in [0.1, 0.15) is 0 Å². The van der Waals surface area contributed by atoms with E-state index in [9.17, 15) is 19.5 Å². The highest BCUT2D eigenvalue weighted by molar-refractivity contribution is 6.42. The Morgan fingerprint density at radius 1 is 0.867 bits per heavy atom. The normalized spacial score (nSPS) is 12.0. The third-order valence-electron chi connectivity index (χ3n) is 4.83. The molecule has 0 aliphatic carbocycles. The largest absolute Gasteiger partial charge is 0.394 e. The van der Waals surface area contributed by atoms with Gasteiger partial charge in [-0.25, -0.2) is 0 Å². The van der Waals surface area contributed by atoms with Crippen LogP contribution in [0.5, 0.6) is 0 Å². The molecular formula is C24H30N2O4. The molecule has 2 aromatic rings. The number of nitrogens with one attached hydrogen (secondary N) is 1. The molecule has 2 amide bonds. The van der Waals surface area contributed by atoms with Crippen LogP contribution in [0.15, 0.2) is 54.6 Å². The minimum atomic E-state index is -0.596. The molecule has 6 heteroatoms. The molecule has 0 fully saturated rings. The van der Waals surface area contributed by atoms with Crippen molar-refractivity contribution in [1.82, 2.24) is 10.2 Å². The van der Waals surface area contributed by atoms with Gasteiger partial charge in [0.15, 0.2) is 0 Å². The first kappa shape index (κ1) is 23.3. The smallest absolute Gasteiger partial charge is 0.295 e. The first-order valence-electron chi connectivity index (χ1n) is 10.2. The number of carbonyl (C=O) groups excluding carboxylic acids is 3. The van der Waals surface area contributed by atoms with Crippen molar-refractivity contribution in [2.24, 2.45) is 0 Å². The summed E-state index contributed by atoms with van der Waals surface area (Å²) in [4.78, 5) is 39.2. The topological polar surface area (TPSA) is 86.7 Å². The van der Waals surface area contributed by atoms with Crippen molar-refractivity contribution in [3.05, 3.63) is 71.3 Å². The van der Waals surface area contributed by atoms with E-state index in [1.807, 2.05) is 58.0 Å². The van der Waals surface area contributed by atoms with Crippen LogP contribution in [0.2, 0.25) is 0 Å². The van der Waals surface area contributed by atoms with Crippen LogP contribution in [0.3, 0.4) is 0 Å². The van der Waals surface area contributed by atoms with E-state index in [4.69, 9.17) is 0 Å². The van der Waals surface area contributed by atoms with Gasteiger partial charge in [0, 0.05) is 23.2 Å². The molecule has 2 rings (SSSR count). The maximum atomic E-state index is 12.6. The number of nitrogens with zero attached hydrogens (tertiary/aromatic N) is 1. The molecule has 0 aliphatic heterocycles. The fourth-order valence-corrected chi connectivity index (χ4v) is 3.41. The molecule has 0 spiro atoms. The quantitative estimate of drug-likeness (QED) is 0.492. The number of hydrogen-bond donors (Lipinski definition) is 2. The lowest BCUT2D eigenvalue weighted by molar-refractivity contribution is -0.129. The number of hydrogen-bond acceptors (Lipinski definition) is 4. The predicted octanol–water partition coefficient (Wildman–Crippen LogP) is 2.85. The lowest BCUT2D eigenvalue weighted by Crippen LogP contribution is -2.45. The van der Waals surface area contributed by atoms with E-state index in [1.165, 1.54) is 24.3 Å². The summed E-state index contributed by atoms with van der Waals surface area (Å²) in [6.07, 6.45) is 0.508. The number of rotatable bonds is 9. The highest BCUT2D eigenvalue weighted by Gasteiger charge is 2.27. The molecule has 0 aromatic heterocycles. The van der Waals surface area contributed by atoms with Crippen molar-refractivity contribution in [2.45, 2.75) is 52.2 Å². The van der Waals surface area contributed by atoms with Gasteiger partial charge in [-0.2, -0.15) is 0 Å². The van der Waals surface area contributed by atoms with Crippen LogP contribution in [0.25, 0.3) is 0 Å². The predicted molar refractivity (Wildman–Crippen MR) is 116 cm³/mol. The lowest BCUT2D eigenvalue weighted by atomic mass is 10.0. The van der Waals surface area contributed by atoms with Gasteiger partial charge < -0.3 is 15.3 Å². The number of aliphatic hydroxyl groups is 1. The summed E-state index contributed by atoms with van der Waals surface area (Å²) in [6.45, 7) is 7.28. The average Bonchev–Trinajstić information content (AvgIpc) is 2.72. The molecule has 0 aliphatic rings. The number of amides is 2. The minimum Gasteiger partial charge on any atom is -0.394 e. The number of benzene rings is 2. The molecule has 2 aromatic carbocycles. The van der Waals surface area contributed by atoms with Crippen molar-refractivity contribution in [3.63, 3.8) is 0 Å². The molecule has 30 heavy (non-hydrogen) atoms. The maximum Gasteiger partial charge on any atom is 0.295 e. The Hall–Kier alpha value is -2.99. The average molecular weight is 411 g/mol. The number of Topliss-reactive ketones (excluding diaryl/α,β-unsaturated/α-hetero) is 1. The first-order chi connectivity index (χ1) is 14.2. The summed E-state index contributed by atoms with van der Waals surface area (Å²) in [5.74, 6) is -1.50. The molecule has 0 bridgehead atoms. The highest BCUT2D eigenvalue weighted by atomic mass is 16.3. The molecule has 6 nitrogen and oxygen atoms in total. The third-order valence-corrected chi connectivity index (χ3v) is 4.83. The van der Waals surface area contributed by atoms with E-state index in [2.05, 4.69) is 5.32 Å². The van der Waals surface area contributed by atoms with Crippen LogP contribution in [0.4, 0.5) is 0 Å². The molecule has 0 heterocycles. The Balaban J connectivity index is 2.06. The van der Waals surface area contributed by atoms with Crippen molar-refractivity contribution >= 4 is 17.6 Å². The summed E-state index contributed by atoms with van der Waals surface area (Å²) in [5.41, 5.74) is 1.61. The van der Waals surface area contributed by atoms with E-state index < -0.39 is 17.7 Å². The van der Waals surface area contributed by atoms with E-state index in [1.54, 1.807) is 4.90 Å². The summed E-state index contributed by atoms with van der Waals surface area (Å²) in [6, 6.07) is 15.0. The molecule has 160 valence electrons. The zero-order chi connectivity index (χ0) is 22.3. The first-order valence-corrected chi connectivity index (χ1v) is 10.2. The van der Waals surface area contributed by atoms with Crippen molar-refractivity contribution < 1.29 is 19.5 Å². The second-order valence-electron chi connectivity index (χ2n) is 7.85. The van der Waals surface area contributed by atoms with Gasteiger partial charge in [-0.15, -0.1) is 0 Å². The van der Waals surface area contributed by atoms with Crippen molar-refractivity contribution in [3.8, 4) is 0 Å². The second kappa shape index (κ2) is 10.7. The van der Waals surface area contributed by atoms with Gasteiger partial charge in [-0.3, -0.25) is 14.4 Å². The molecule has 1 atom stereocenters. The van der Waals surface area contributed by atoms with Gasteiger partial charge in [0.2, 0.25) is 5.78 Å². The van der Waals surface area contributed by atoms with Gasteiger partial charge in [-0.05, 0) is 51.8 Å².